The van der Waals surface area contributed by atoms with E-state index in [1.54, 1.807) is 18.2 Å². The van der Waals surface area contributed by atoms with Gasteiger partial charge in [0.25, 0.3) is 5.88 Å². The van der Waals surface area contributed by atoms with Crippen LogP contribution in [0.5, 0.6) is 5.88 Å². The summed E-state index contributed by atoms with van der Waals surface area (Å²) in [5.74, 6) is 0.499. The fraction of sp³-hybridized carbons (Fsp3) is 0.0909. The summed E-state index contributed by atoms with van der Waals surface area (Å²) in [5.41, 5.74) is 6.29. The van der Waals surface area contributed by atoms with Crippen LogP contribution >= 0.6 is 23.2 Å². The van der Waals surface area contributed by atoms with E-state index in [4.69, 9.17) is 33.7 Å². The van der Waals surface area contributed by atoms with Crippen LogP contribution in [0.4, 0.5) is 5.82 Å². The van der Waals surface area contributed by atoms with Gasteiger partial charge in [-0.2, -0.15) is 0 Å². The van der Waals surface area contributed by atoms with Gasteiger partial charge in [0, 0.05) is 28.0 Å². The zero-order valence-electron chi connectivity index (χ0n) is 8.73. The van der Waals surface area contributed by atoms with E-state index in [0.717, 1.165) is 0 Å². The second kappa shape index (κ2) is 5.21. The van der Waals surface area contributed by atoms with Crippen molar-refractivity contribution in [3.05, 3.63) is 46.2 Å². The summed E-state index contributed by atoms with van der Waals surface area (Å²) in [7, 11) is 0. The highest BCUT2D eigenvalue weighted by Gasteiger charge is 2.08. The van der Waals surface area contributed by atoms with E-state index in [0.29, 0.717) is 15.6 Å². The van der Waals surface area contributed by atoms with Crippen LogP contribution in [-0.2, 0) is 6.61 Å². The number of ether oxygens (including phenoxy) is 1. The van der Waals surface area contributed by atoms with E-state index in [1.165, 1.54) is 12.4 Å². The van der Waals surface area contributed by atoms with Gasteiger partial charge >= 0.3 is 0 Å². The number of aromatic nitrogens is 2. The minimum atomic E-state index is 0.196. The highest BCUT2D eigenvalue weighted by atomic mass is 35.5. The summed E-state index contributed by atoms with van der Waals surface area (Å²) in [6.07, 6.45) is 2.99. The molecule has 0 unspecified atom stereocenters. The second-order valence-electron chi connectivity index (χ2n) is 3.24. The molecule has 0 radical (unpaired) electrons. The Labute approximate surface area is 108 Å². The van der Waals surface area contributed by atoms with Crippen LogP contribution in [0.3, 0.4) is 0 Å². The van der Waals surface area contributed by atoms with E-state index >= 15 is 0 Å². The maximum atomic E-state index is 6.00. The van der Waals surface area contributed by atoms with E-state index in [1.807, 2.05) is 0 Å². The molecule has 4 nitrogen and oxygen atoms in total. The van der Waals surface area contributed by atoms with Crippen LogP contribution < -0.4 is 10.5 Å². The van der Waals surface area contributed by atoms with Gasteiger partial charge in [-0.25, -0.2) is 9.97 Å². The molecule has 0 saturated heterocycles. The number of nitrogens with two attached hydrogens (primary N) is 1. The number of benzene rings is 1. The van der Waals surface area contributed by atoms with Gasteiger partial charge in [-0.15, -0.1) is 0 Å². The molecule has 0 aliphatic carbocycles. The van der Waals surface area contributed by atoms with E-state index in [2.05, 4.69) is 9.97 Å². The Bertz CT molecular complexity index is 514. The molecular weight excluding hydrogens is 261 g/mol. The largest absolute Gasteiger partial charge is 0.470 e. The number of rotatable bonds is 3. The van der Waals surface area contributed by atoms with Crippen molar-refractivity contribution in [3.8, 4) is 5.88 Å². The van der Waals surface area contributed by atoms with Crippen molar-refractivity contribution in [3.63, 3.8) is 0 Å². The molecular formula is C11H9Cl2N3O. The van der Waals surface area contributed by atoms with Gasteiger partial charge in [-0.3, -0.25) is 0 Å². The molecule has 2 aromatic rings. The third kappa shape index (κ3) is 2.78. The summed E-state index contributed by atoms with van der Waals surface area (Å²) in [5, 5.41) is 1.08. The molecule has 0 aliphatic rings. The van der Waals surface area contributed by atoms with Gasteiger partial charge in [0.2, 0.25) is 0 Å². The Balaban J connectivity index is 2.16. The van der Waals surface area contributed by atoms with Crippen molar-refractivity contribution in [2.24, 2.45) is 0 Å². The first-order valence-corrected chi connectivity index (χ1v) is 5.56. The number of halogens is 2. The van der Waals surface area contributed by atoms with Gasteiger partial charge in [0.1, 0.15) is 6.61 Å². The number of hydrogen-bond acceptors (Lipinski definition) is 4. The summed E-state index contributed by atoms with van der Waals surface area (Å²) in [6.45, 7) is 0.196. The number of nitrogen functional groups attached to an aromatic ring is 1. The summed E-state index contributed by atoms with van der Waals surface area (Å²) in [4.78, 5) is 7.82. The van der Waals surface area contributed by atoms with Crippen molar-refractivity contribution >= 4 is 29.0 Å². The SMILES string of the molecule is Nc1nccnc1OCc1c(Cl)cccc1Cl. The van der Waals surface area contributed by atoms with Crippen molar-refractivity contribution in [2.75, 3.05) is 5.73 Å². The maximum Gasteiger partial charge on any atom is 0.257 e. The molecule has 0 atom stereocenters. The molecule has 0 amide bonds. The molecule has 88 valence electrons. The lowest BCUT2D eigenvalue weighted by Gasteiger charge is -2.09. The van der Waals surface area contributed by atoms with Crippen molar-refractivity contribution in [1.82, 2.24) is 9.97 Å². The Morgan fingerprint density at radius 3 is 2.41 bits per heavy atom. The standard InChI is InChI=1S/C11H9Cl2N3O/c12-8-2-1-3-9(13)7(8)6-17-11-10(14)15-4-5-16-11/h1-5H,6H2,(H2,14,15). The van der Waals surface area contributed by atoms with E-state index < -0.39 is 0 Å². The number of anilines is 1. The Morgan fingerprint density at radius 2 is 1.76 bits per heavy atom. The van der Waals surface area contributed by atoms with Gasteiger partial charge in [-0.05, 0) is 12.1 Å². The highest BCUT2D eigenvalue weighted by molar-refractivity contribution is 6.35. The van der Waals surface area contributed by atoms with Crippen LogP contribution in [0, 0.1) is 0 Å². The maximum absolute atomic E-state index is 6.00. The van der Waals surface area contributed by atoms with E-state index in [9.17, 15) is 0 Å². The molecule has 17 heavy (non-hydrogen) atoms. The molecule has 2 rings (SSSR count). The van der Waals surface area contributed by atoms with Crippen LogP contribution in [0.15, 0.2) is 30.6 Å². The lowest BCUT2D eigenvalue weighted by Crippen LogP contribution is -2.03. The van der Waals surface area contributed by atoms with Crippen molar-refractivity contribution < 1.29 is 4.74 Å². The van der Waals surface area contributed by atoms with Crippen LogP contribution in [0.2, 0.25) is 10.0 Å². The number of hydrogen-bond donors (Lipinski definition) is 1. The number of nitrogens with zero attached hydrogens (tertiary/aromatic N) is 2. The second-order valence-corrected chi connectivity index (χ2v) is 4.05. The topological polar surface area (TPSA) is 61.0 Å². The first kappa shape index (κ1) is 12.0. The minimum absolute atomic E-state index is 0.196. The molecule has 1 aromatic carbocycles. The molecule has 0 bridgehead atoms. The van der Waals surface area contributed by atoms with Crippen LogP contribution in [-0.4, -0.2) is 9.97 Å². The Kier molecular flexibility index (Phi) is 3.66. The molecule has 2 N–H and O–H groups in total. The zero-order chi connectivity index (χ0) is 12.3. The average Bonchev–Trinajstić information content (AvgIpc) is 2.30. The molecule has 1 aromatic heterocycles. The third-order valence-corrected chi connectivity index (χ3v) is 2.81. The zero-order valence-corrected chi connectivity index (χ0v) is 10.2. The molecule has 0 aliphatic heterocycles. The third-order valence-electron chi connectivity index (χ3n) is 2.11. The summed E-state index contributed by atoms with van der Waals surface area (Å²) < 4.78 is 5.42. The van der Waals surface area contributed by atoms with Crippen molar-refractivity contribution in [2.45, 2.75) is 6.61 Å². The lowest BCUT2D eigenvalue weighted by molar-refractivity contribution is 0.295. The Hall–Kier alpha value is -1.52. The molecule has 0 spiro atoms. The van der Waals surface area contributed by atoms with Gasteiger partial charge in [0.15, 0.2) is 5.82 Å². The van der Waals surface area contributed by atoms with E-state index in [-0.39, 0.29) is 18.3 Å². The smallest absolute Gasteiger partial charge is 0.257 e. The van der Waals surface area contributed by atoms with Gasteiger partial charge in [-0.1, -0.05) is 29.3 Å². The highest BCUT2D eigenvalue weighted by Crippen LogP contribution is 2.26. The average molecular weight is 270 g/mol. The monoisotopic (exact) mass is 269 g/mol. The lowest BCUT2D eigenvalue weighted by atomic mass is 10.2. The minimum Gasteiger partial charge on any atom is -0.470 e. The predicted octanol–water partition coefficient (Wildman–Crippen LogP) is 2.94. The summed E-state index contributed by atoms with van der Waals surface area (Å²) >= 11 is 12.0. The normalized spacial score (nSPS) is 10.2. The molecule has 6 heteroatoms. The van der Waals surface area contributed by atoms with Crippen LogP contribution in [0.25, 0.3) is 0 Å². The fourth-order valence-electron chi connectivity index (χ4n) is 1.26. The van der Waals surface area contributed by atoms with Gasteiger partial charge in [0.05, 0.1) is 0 Å². The Morgan fingerprint density at radius 1 is 1.12 bits per heavy atom. The first-order chi connectivity index (χ1) is 8.18. The summed E-state index contributed by atoms with van der Waals surface area (Å²) in [6, 6.07) is 5.25. The van der Waals surface area contributed by atoms with Crippen LogP contribution in [0.1, 0.15) is 5.56 Å². The fourth-order valence-corrected chi connectivity index (χ4v) is 1.76. The quantitative estimate of drug-likeness (QED) is 0.931. The van der Waals surface area contributed by atoms with Crippen molar-refractivity contribution in [1.29, 1.82) is 0 Å². The molecule has 0 saturated carbocycles. The van der Waals surface area contributed by atoms with Gasteiger partial charge < -0.3 is 10.5 Å². The molecule has 0 fully saturated rings. The first-order valence-electron chi connectivity index (χ1n) is 4.80. The molecule has 1 heterocycles. The predicted molar refractivity (Wildman–Crippen MR) is 67.2 cm³/mol.